The third-order valence-corrected chi connectivity index (χ3v) is 4.00. The summed E-state index contributed by atoms with van der Waals surface area (Å²) in [6.45, 7) is -3.34. The second-order valence-corrected chi connectivity index (χ2v) is 6.03. The minimum Gasteiger partial charge on any atom is -0.432 e. The third kappa shape index (κ3) is 5.12. The lowest BCUT2D eigenvalue weighted by Gasteiger charge is -2.21. The molecule has 0 atom stereocenters. The summed E-state index contributed by atoms with van der Waals surface area (Å²) >= 11 is 3.30. The van der Waals surface area contributed by atoms with Gasteiger partial charge in [-0.1, -0.05) is 12.1 Å². The highest BCUT2D eigenvalue weighted by atomic mass is 79.9. The number of non-ortho nitro benzene ring substituents is 1. The normalized spacial score (nSPS) is 10.5. The second-order valence-electron chi connectivity index (χ2n) is 5.17. The molecule has 2 aromatic rings. The van der Waals surface area contributed by atoms with Crippen LogP contribution in [0.25, 0.3) is 0 Å². The molecule has 2 rings (SSSR count). The number of likely N-dealkylation sites (N-methyl/N-ethyl adjacent to an activating group) is 1. The van der Waals surface area contributed by atoms with Crippen molar-refractivity contribution in [1.29, 1.82) is 0 Å². The van der Waals surface area contributed by atoms with Gasteiger partial charge in [0, 0.05) is 17.6 Å². The lowest BCUT2D eigenvalue weighted by atomic mass is 10.2. The molecule has 10 heteroatoms. The van der Waals surface area contributed by atoms with E-state index in [1.807, 2.05) is 0 Å². The number of halogens is 3. The Kier molecular flexibility index (Phi) is 6.45. The first-order valence-electron chi connectivity index (χ1n) is 7.26. The lowest BCUT2D eigenvalue weighted by Crippen LogP contribution is -2.30. The SMILES string of the molecule is CN(CC(=O)Nc1ccccc1Br)c1ccc([N+](=O)[O-])cc1OC(F)F. The summed E-state index contributed by atoms with van der Waals surface area (Å²) < 4.78 is 30.2. The summed E-state index contributed by atoms with van der Waals surface area (Å²) in [4.78, 5) is 23.6. The van der Waals surface area contributed by atoms with Crippen molar-refractivity contribution in [3.05, 3.63) is 57.1 Å². The van der Waals surface area contributed by atoms with Crippen molar-refractivity contribution in [2.24, 2.45) is 0 Å². The predicted molar refractivity (Wildman–Crippen MR) is 95.8 cm³/mol. The van der Waals surface area contributed by atoms with E-state index in [1.165, 1.54) is 18.0 Å². The fourth-order valence-electron chi connectivity index (χ4n) is 2.17. The van der Waals surface area contributed by atoms with Gasteiger partial charge in [-0.3, -0.25) is 14.9 Å². The first-order valence-corrected chi connectivity index (χ1v) is 8.06. The van der Waals surface area contributed by atoms with Crippen LogP contribution in [-0.4, -0.2) is 31.0 Å². The Morgan fingerprint density at radius 2 is 2.04 bits per heavy atom. The van der Waals surface area contributed by atoms with E-state index in [-0.39, 0.29) is 18.0 Å². The Hall–Kier alpha value is -2.75. The zero-order valence-electron chi connectivity index (χ0n) is 13.5. The molecule has 2 aromatic carbocycles. The number of hydrogen-bond donors (Lipinski definition) is 1. The summed E-state index contributed by atoms with van der Waals surface area (Å²) in [5, 5.41) is 13.5. The van der Waals surface area contributed by atoms with E-state index in [0.29, 0.717) is 10.2 Å². The van der Waals surface area contributed by atoms with Crippen molar-refractivity contribution in [3.63, 3.8) is 0 Å². The molecule has 0 unspecified atom stereocenters. The quantitative estimate of drug-likeness (QED) is 0.530. The highest BCUT2D eigenvalue weighted by Gasteiger charge is 2.19. The van der Waals surface area contributed by atoms with Gasteiger partial charge in [0.2, 0.25) is 5.91 Å². The van der Waals surface area contributed by atoms with E-state index >= 15 is 0 Å². The standard InChI is InChI=1S/C16H14BrF2N3O4/c1-21(9-15(23)20-12-5-3-2-4-11(12)17)13-7-6-10(22(24)25)8-14(13)26-16(18)19/h2-8,16H,9H2,1H3,(H,20,23). The maximum atomic E-state index is 12.6. The average molecular weight is 430 g/mol. The zero-order valence-corrected chi connectivity index (χ0v) is 15.1. The molecule has 0 radical (unpaired) electrons. The Balaban J connectivity index is 2.17. The number of rotatable bonds is 7. The van der Waals surface area contributed by atoms with E-state index in [9.17, 15) is 23.7 Å². The van der Waals surface area contributed by atoms with Gasteiger partial charge in [0.05, 0.1) is 28.9 Å². The number of ether oxygens (including phenoxy) is 1. The number of anilines is 2. The molecule has 0 aliphatic rings. The number of carbonyl (C=O) groups is 1. The van der Waals surface area contributed by atoms with E-state index in [0.717, 1.165) is 12.1 Å². The minimum absolute atomic E-state index is 0.123. The molecule has 1 N–H and O–H groups in total. The van der Waals surface area contributed by atoms with Gasteiger partial charge < -0.3 is 15.0 Å². The van der Waals surface area contributed by atoms with Crippen molar-refractivity contribution < 1.29 is 23.2 Å². The highest BCUT2D eigenvalue weighted by molar-refractivity contribution is 9.10. The number of hydrogen-bond acceptors (Lipinski definition) is 5. The van der Waals surface area contributed by atoms with Gasteiger partial charge in [-0.15, -0.1) is 0 Å². The Labute approximate surface area is 155 Å². The molecule has 1 amide bonds. The van der Waals surface area contributed by atoms with Gasteiger partial charge in [-0.25, -0.2) is 0 Å². The highest BCUT2D eigenvalue weighted by Crippen LogP contribution is 2.33. The van der Waals surface area contributed by atoms with Gasteiger partial charge in [-0.2, -0.15) is 8.78 Å². The fraction of sp³-hybridized carbons (Fsp3) is 0.188. The average Bonchev–Trinajstić information content (AvgIpc) is 2.56. The number of para-hydroxylation sites is 1. The molecule has 0 spiro atoms. The Morgan fingerprint density at radius 1 is 1.35 bits per heavy atom. The van der Waals surface area contributed by atoms with Crippen LogP contribution >= 0.6 is 15.9 Å². The van der Waals surface area contributed by atoms with Crippen LogP contribution in [0.2, 0.25) is 0 Å². The molecule has 0 fully saturated rings. The summed E-state index contributed by atoms with van der Waals surface area (Å²) in [5.74, 6) is -0.786. The van der Waals surface area contributed by atoms with E-state index in [1.54, 1.807) is 24.3 Å². The maximum Gasteiger partial charge on any atom is 0.387 e. The van der Waals surface area contributed by atoms with Crippen LogP contribution in [0.5, 0.6) is 5.75 Å². The molecule has 0 saturated heterocycles. The van der Waals surface area contributed by atoms with Gasteiger partial charge in [-0.05, 0) is 34.1 Å². The fourth-order valence-corrected chi connectivity index (χ4v) is 2.56. The van der Waals surface area contributed by atoms with Crippen LogP contribution in [0.15, 0.2) is 46.9 Å². The van der Waals surface area contributed by atoms with Crippen LogP contribution in [0.1, 0.15) is 0 Å². The first kappa shape index (κ1) is 19.6. The lowest BCUT2D eigenvalue weighted by molar-refractivity contribution is -0.385. The molecule has 0 heterocycles. The summed E-state index contributed by atoms with van der Waals surface area (Å²) in [7, 11) is 1.49. The van der Waals surface area contributed by atoms with Crippen LogP contribution in [-0.2, 0) is 4.79 Å². The summed E-state index contributed by atoms with van der Waals surface area (Å²) in [6.07, 6.45) is 0. The van der Waals surface area contributed by atoms with Crippen molar-refractivity contribution in [1.82, 2.24) is 0 Å². The Bertz CT molecular complexity index is 820. The van der Waals surface area contributed by atoms with Crippen LogP contribution < -0.4 is 15.0 Å². The monoisotopic (exact) mass is 429 g/mol. The van der Waals surface area contributed by atoms with Crippen molar-refractivity contribution in [2.75, 3.05) is 23.8 Å². The number of nitro groups is 1. The largest absolute Gasteiger partial charge is 0.432 e. The smallest absolute Gasteiger partial charge is 0.387 e. The van der Waals surface area contributed by atoms with Crippen LogP contribution in [0.3, 0.4) is 0 Å². The van der Waals surface area contributed by atoms with Crippen LogP contribution in [0.4, 0.5) is 25.8 Å². The number of amides is 1. The minimum atomic E-state index is -3.15. The molecule has 26 heavy (non-hydrogen) atoms. The molecule has 0 saturated carbocycles. The Morgan fingerprint density at radius 3 is 2.65 bits per heavy atom. The number of nitrogens with zero attached hydrogens (tertiary/aromatic N) is 2. The number of nitrogens with one attached hydrogen (secondary N) is 1. The van der Waals surface area contributed by atoms with Crippen LogP contribution in [0, 0.1) is 10.1 Å². The van der Waals surface area contributed by atoms with Gasteiger partial charge >= 0.3 is 6.61 Å². The molecule has 0 aliphatic heterocycles. The summed E-state index contributed by atoms with van der Waals surface area (Å²) in [6, 6.07) is 10.3. The molecular formula is C16H14BrF2N3O4. The molecule has 0 bridgehead atoms. The van der Waals surface area contributed by atoms with E-state index in [4.69, 9.17) is 0 Å². The maximum absolute atomic E-state index is 12.6. The van der Waals surface area contributed by atoms with Crippen molar-refractivity contribution in [2.45, 2.75) is 6.61 Å². The third-order valence-electron chi connectivity index (χ3n) is 3.31. The molecule has 138 valence electrons. The predicted octanol–water partition coefficient (Wildman–Crippen LogP) is 4.03. The van der Waals surface area contributed by atoms with Gasteiger partial charge in [0.25, 0.3) is 5.69 Å². The molecule has 0 aliphatic carbocycles. The first-order chi connectivity index (χ1) is 12.3. The molecule has 7 nitrogen and oxygen atoms in total. The number of carbonyl (C=O) groups excluding carboxylic acids is 1. The summed E-state index contributed by atoms with van der Waals surface area (Å²) in [5.41, 5.74) is 0.285. The van der Waals surface area contributed by atoms with Gasteiger partial charge in [0.1, 0.15) is 0 Å². The molecule has 0 aromatic heterocycles. The zero-order chi connectivity index (χ0) is 19.3. The number of alkyl halides is 2. The van der Waals surface area contributed by atoms with Gasteiger partial charge in [0.15, 0.2) is 5.75 Å². The number of nitro benzene ring substituents is 1. The van der Waals surface area contributed by atoms with Crippen molar-refractivity contribution in [3.8, 4) is 5.75 Å². The molecular weight excluding hydrogens is 416 g/mol. The van der Waals surface area contributed by atoms with E-state index in [2.05, 4.69) is 26.0 Å². The second kappa shape index (κ2) is 8.56. The van der Waals surface area contributed by atoms with E-state index < -0.39 is 23.1 Å². The van der Waals surface area contributed by atoms with Crippen molar-refractivity contribution >= 4 is 38.9 Å². The number of benzene rings is 2. The topological polar surface area (TPSA) is 84.7 Å².